The van der Waals surface area contributed by atoms with Crippen molar-refractivity contribution < 1.29 is 46.4 Å². The van der Waals surface area contributed by atoms with Crippen LogP contribution in [0.25, 0.3) is 11.1 Å². The smallest absolute Gasteiger partial charge is 0.337 e. The zero-order valence-electron chi connectivity index (χ0n) is 98.6. The van der Waals surface area contributed by atoms with Gasteiger partial charge in [-0.25, -0.2) is 13.2 Å². The van der Waals surface area contributed by atoms with Crippen LogP contribution in [0.3, 0.4) is 0 Å². The molecular formula is C137H194BrNO10S. The Bertz CT molecular complexity index is 5510. The maximum Gasteiger partial charge on any atom is 0.337 e. The maximum absolute atomic E-state index is 11.2. The Kier molecular flexibility index (Phi) is 59.9. The van der Waals surface area contributed by atoms with Crippen molar-refractivity contribution in [1.29, 1.82) is 0 Å². The van der Waals surface area contributed by atoms with E-state index in [0.717, 1.165) is 122 Å². The number of hydrogen-bond acceptors (Lipinski definition) is 11. The first kappa shape index (κ1) is 133. The maximum atomic E-state index is 11.2. The third-order valence-corrected chi connectivity index (χ3v) is 25.2. The van der Waals surface area contributed by atoms with Crippen LogP contribution in [0.4, 0.5) is 5.69 Å². The van der Waals surface area contributed by atoms with E-state index in [1.165, 1.54) is 111 Å². The van der Waals surface area contributed by atoms with Gasteiger partial charge < -0.3 is 38.1 Å². The summed E-state index contributed by atoms with van der Waals surface area (Å²) in [6.45, 7) is 74.0. The van der Waals surface area contributed by atoms with Gasteiger partial charge in [0.1, 0.15) is 34.5 Å². The molecule has 0 amide bonds. The van der Waals surface area contributed by atoms with Gasteiger partial charge in [0.05, 0.1) is 57.2 Å². The summed E-state index contributed by atoms with van der Waals surface area (Å²) in [5.74, 6) is 11.0. The number of rotatable bonds is 29. The minimum absolute atomic E-state index is 0.243. The van der Waals surface area contributed by atoms with Crippen molar-refractivity contribution >= 4 is 37.4 Å². The number of aryl methyl sites for hydroxylation is 2. The number of sulfone groups is 1. The number of piperidine rings is 1. The van der Waals surface area contributed by atoms with Crippen molar-refractivity contribution in [1.82, 2.24) is 0 Å². The van der Waals surface area contributed by atoms with E-state index in [-0.39, 0.29) is 16.8 Å². The molecule has 820 valence electrons. The molecule has 0 aliphatic carbocycles. The summed E-state index contributed by atoms with van der Waals surface area (Å²) in [6.07, 6.45) is 29.5. The summed E-state index contributed by atoms with van der Waals surface area (Å²) in [6, 6.07) is 98.2. The number of esters is 1. The highest BCUT2D eigenvalue weighted by atomic mass is 79.9. The molecule has 11 nitrogen and oxygen atoms in total. The molecule has 1 aliphatic heterocycles. The Balaban J connectivity index is 0.000000430. The van der Waals surface area contributed by atoms with E-state index in [4.69, 9.17) is 41.3 Å². The molecule has 1 aliphatic rings. The topological polar surface area (TPSA) is 119 Å². The standard InChI is InChI=1S/C18H25N.C18H22O.C14H20O3.C14H18O.C13H20O3S.C13H20.C12H17BrO.C12H18O.C12H18.C11H16/c1-5-15-6-8-17(9-7-15)19-12-10-16(11-13-19)14-18(2,3)4;1-18(2,3)13-14-19-17-11-9-16(10-12-17)15-7-5-4-6-8-15;1-14(2,3)9-10-17-12-7-5-11(6-8-12)13(15)16-4;1-5-12-6-8-13(9-7-12)15-11-10-14(2,3)4;1-13(2,3)9-10-16-11-5-7-12(8-6-11)17(4,14)15;1-13(2,3)11-7-10-12-8-5-4-6-9-12;1-12(2,3)8-9-14-11-6-4-10(13)5-7-11;1-12(2,3)9-10-13-11-7-5-4-6-8-11;1-12(2,3)10-9-11-7-5-4-6-8-11;1-11(2,3)9-10-7-5-4-6-8-10/h1,6-9,16H,10-14H2,2-4H3;4-12H,13-14H2,1-3H3;5-8H,9-10H2,1-4H3;1,6-9H,10-11H2,2-4H3;5-8H,9-10H2,1-4H3;4-6,8-9H,7,10-11H2,1-3H3;4-7H,8-9H2,1-3H3;4-8H,9-10H2,1-3H3;4-8H,9-10H2,1-3H3;4-8H,9H2,1-3H3. The summed E-state index contributed by atoms with van der Waals surface area (Å²) >= 11 is 3.39. The van der Waals surface area contributed by atoms with Crippen LogP contribution in [-0.4, -0.2) is 80.5 Å². The number of ether oxygens (including phenoxy) is 7. The molecule has 0 unspecified atom stereocenters. The molecule has 0 aromatic heterocycles. The molecule has 0 N–H and O–H groups in total. The van der Waals surface area contributed by atoms with Crippen LogP contribution in [0.15, 0.2) is 307 Å². The molecule has 1 heterocycles. The van der Waals surface area contributed by atoms with Gasteiger partial charge in [-0.1, -0.05) is 387 Å². The van der Waals surface area contributed by atoms with Crippen molar-refractivity contribution in [3.05, 3.63) is 335 Å². The Hall–Kier alpha value is -11.0. The molecule has 12 rings (SSSR count). The number of nitrogens with zero attached hydrogens (tertiary/aromatic N) is 1. The van der Waals surface area contributed by atoms with E-state index in [1.54, 1.807) is 48.5 Å². The number of hydrogen-bond donors (Lipinski definition) is 0. The predicted octanol–water partition coefficient (Wildman–Crippen LogP) is 37.9. The van der Waals surface area contributed by atoms with Gasteiger partial charge in [-0.3, -0.25) is 0 Å². The largest absolute Gasteiger partial charge is 0.494 e. The van der Waals surface area contributed by atoms with E-state index >= 15 is 0 Å². The molecule has 0 bridgehead atoms. The normalized spacial score (nSPS) is 12.2. The minimum Gasteiger partial charge on any atom is -0.494 e. The second-order valence-electron chi connectivity index (χ2n) is 51.1. The molecular weight excluding hydrogens is 1930 g/mol. The first-order valence-corrected chi connectivity index (χ1v) is 56.8. The van der Waals surface area contributed by atoms with Gasteiger partial charge in [0.2, 0.25) is 0 Å². The van der Waals surface area contributed by atoms with Gasteiger partial charge >= 0.3 is 5.97 Å². The summed E-state index contributed by atoms with van der Waals surface area (Å²) in [5.41, 5.74) is 14.2. The van der Waals surface area contributed by atoms with Crippen molar-refractivity contribution in [2.45, 2.75) is 309 Å². The van der Waals surface area contributed by atoms with Crippen molar-refractivity contribution in [2.75, 3.05) is 71.0 Å². The van der Waals surface area contributed by atoms with E-state index in [9.17, 15) is 13.2 Å². The number of para-hydroxylation sites is 1. The van der Waals surface area contributed by atoms with Gasteiger partial charge in [0, 0.05) is 40.6 Å². The third-order valence-electron chi connectivity index (χ3n) is 23.5. The molecule has 11 aromatic carbocycles. The second-order valence-corrected chi connectivity index (χ2v) is 54.0. The fourth-order valence-electron chi connectivity index (χ4n) is 14.4. The van der Waals surface area contributed by atoms with Crippen molar-refractivity contribution in [3.63, 3.8) is 0 Å². The lowest BCUT2D eigenvalue weighted by atomic mass is 9.80. The van der Waals surface area contributed by atoms with Crippen LogP contribution in [0.2, 0.25) is 0 Å². The first-order valence-electron chi connectivity index (χ1n) is 54.1. The average Bonchev–Trinajstić information content (AvgIpc) is 0.856. The average molecular weight is 2130 g/mol. The van der Waals surface area contributed by atoms with Crippen molar-refractivity contribution in [2.24, 2.45) is 60.1 Å². The van der Waals surface area contributed by atoms with E-state index in [1.807, 2.05) is 109 Å². The minimum atomic E-state index is -3.12. The molecule has 150 heavy (non-hydrogen) atoms. The number of benzene rings is 11. The summed E-state index contributed by atoms with van der Waals surface area (Å²) in [4.78, 5) is 14.0. The number of terminal acetylenes is 2. The lowest BCUT2D eigenvalue weighted by Gasteiger charge is -2.36. The van der Waals surface area contributed by atoms with Gasteiger partial charge in [-0.2, -0.15) is 0 Å². The quantitative estimate of drug-likeness (QED) is 0.0329. The Morgan fingerprint density at radius 2 is 0.600 bits per heavy atom. The second kappa shape index (κ2) is 67.5. The summed E-state index contributed by atoms with van der Waals surface area (Å²) in [7, 11) is -1.75. The van der Waals surface area contributed by atoms with Gasteiger partial charge in [-0.05, 0) is 330 Å². The van der Waals surface area contributed by atoms with Crippen LogP contribution < -0.4 is 33.3 Å². The van der Waals surface area contributed by atoms with Crippen LogP contribution in [0.5, 0.6) is 34.5 Å². The van der Waals surface area contributed by atoms with Gasteiger partial charge in [0.15, 0.2) is 9.84 Å². The zero-order chi connectivity index (χ0) is 112. The SMILES string of the molecule is C#Cc1ccc(N2CCC(CC(C)(C)C)CC2)cc1.C#Cc1ccc(OCCC(C)(C)C)cc1.CC(C)(C)CCCc1ccccc1.CC(C)(C)CCOc1ccc(-c2ccccc2)cc1.CC(C)(C)CCOc1ccc(Br)cc1.CC(C)(C)CCOc1ccc(S(C)(=O)=O)cc1.CC(C)(C)CCOc1ccccc1.CC(C)(C)CCc1ccccc1.CC(C)(C)Cc1ccccc1.COC(=O)c1ccc(OCCC(C)(C)C)cc1. The first-order chi connectivity index (χ1) is 69.9. The van der Waals surface area contributed by atoms with E-state index in [0.29, 0.717) is 72.7 Å². The fraction of sp³-hybridized carbons (Fsp3) is 0.482. The molecule has 1 saturated heterocycles. The zero-order valence-corrected chi connectivity index (χ0v) is 101. The third kappa shape index (κ3) is 71.7. The monoisotopic (exact) mass is 2120 g/mol. The number of anilines is 1. The number of carbonyl (C=O) groups excluding carboxylic acids is 1. The van der Waals surface area contributed by atoms with E-state index in [2.05, 4.69) is 385 Å². The highest BCUT2D eigenvalue weighted by molar-refractivity contribution is 9.10. The lowest BCUT2D eigenvalue weighted by molar-refractivity contribution is 0.0600. The number of halogens is 1. The molecule has 0 saturated carbocycles. The van der Waals surface area contributed by atoms with Crippen LogP contribution in [0, 0.1) is 84.8 Å². The highest BCUT2D eigenvalue weighted by Crippen LogP contribution is 2.35. The molecule has 0 radical (unpaired) electrons. The van der Waals surface area contributed by atoms with Gasteiger partial charge in [0.25, 0.3) is 0 Å². The molecule has 13 heteroatoms. The van der Waals surface area contributed by atoms with Gasteiger partial charge in [-0.15, -0.1) is 12.8 Å². The molecule has 0 atom stereocenters. The lowest BCUT2D eigenvalue weighted by Crippen LogP contribution is -2.34. The summed E-state index contributed by atoms with van der Waals surface area (Å²) in [5, 5.41) is 0. The molecule has 1 fully saturated rings. The van der Waals surface area contributed by atoms with Crippen molar-refractivity contribution in [3.8, 4) is 70.3 Å². The number of carbonyl (C=O) groups is 1. The molecule has 11 aromatic rings. The Morgan fingerprint density at radius 1 is 0.320 bits per heavy atom. The van der Waals surface area contributed by atoms with Crippen LogP contribution in [0.1, 0.15) is 323 Å². The van der Waals surface area contributed by atoms with E-state index < -0.39 is 9.84 Å². The predicted molar refractivity (Wildman–Crippen MR) is 648 cm³/mol. The van der Waals surface area contributed by atoms with Crippen LogP contribution in [-0.2, 0) is 33.8 Å². The Labute approximate surface area is 922 Å². The van der Waals surface area contributed by atoms with Crippen LogP contribution >= 0.6 is 15.9 Å². The highest BCUT2D eigenvalue weighted by Gasteiger charge is 2.25. The Morgan fingerprint density at radius 3 is 0.913 bits per heavy atom. The summed E-state index contributed by atoms with van der Waals surface area (Å²) < 4.78 is 61.9. The fourth-order valence-corrected chi connectivity index (χ4v) is 15.3. The number of methoxy groups -OCH3 is 1. The molecule has 0 spiro atoms.